The molecule has 0 amide bonds. The average Bonchev–Trinajstić information content (AvgIpc) is 3.46. The second-order valence-corrected chi connectivity index (χ2v) is 9.52. The minimum Gasteiger partial charge on any atom is -0.490 e. The van der Waals surface area contributed by atoms with Gasteiger partial charge in [0.25, 0.3) is 0 Å². The zero-order valence-corrected chi connectivity index (χ0v) is 20.9. The summed E-state index contributed by atoms with van der Waals surface area (Å²) < 4.78 is 21.2. The van der Waals surface area contributed by atoms with Crippen molar-refractivity contribution in [2.24, 2.45) is 0 Å². The van der Waals surface area contributed by atoms with Gasteiger partial charge in [-0.05, 0) is 86.6 Å². The van der Waals surface area contributed by atoms with Crippen molar-refractivity contribution < 1.29 is 14.2 Å². The van der Waals surface area contributed by atoms with E-state index in [1.807, 2.05) is 22.9 Å². The maximum Gasteiger partial charge on any atom is 0.187 e. The lowest BCUT2D eigenvalue weighted by atomic mass is 9.94. The number of aromatic nitrogens is 2. The van der Waals surface area contributed by atoms with Crippen LogP contribution in [0.2, 0.25) is 5.02 Å². The first kappa shape index (κ1) is 23.8. The minimum absolute atomic E-state index is 0.139. The molecule has 1 aliphatic heterocycles. The Balaban J connectivity index is 1.46. The third-order valence-corrected chi connectivity index (χ3v) is 7.20. The Morgan fingerprint density at radius 3 is 2.33 bits per heavy atom. The smallest absolute Gasteiger partial charge is 0.187 e. The second kappa shape index (κ2) is 9.88. The first-order valence-electron chi connectivity index (χ1n) is 11.5. The molecule has 0 saturated carbocycles. The summed E-state index contributed by atoms with van der Waals surface area (Å²) in [6.45, 7) is 12.3. The lowest BCUT2D eigenvalue weighted by Gasteiger charge is -2.29. The fourth-order valence-electron chi connectivity index (χ4n) is 4.49. The van der Waals surface area contributed by atoms with E-state index in [0.717, 1.165) is 23.6 Å². The average molecular weight is 469 g/mol. The van der Waals surface area contributed by atoms with Crippen molar-refractivity contribution in [1.82, 2.24) is 9.55 Å². The van der Waals surface area contributed by atoms with Crippen molar-refractivity contribution in [3.8, 4) is 5.75 Å². The van der Waals surface area contributed by atoms with Gasteiger partial charge < -0.3 is 18.8 Å². The van der Waals surface area contributed by atoms with Gasteiger partial charge in [0.1, 0.15) is 18.5 Å². The van der Waals surface area contributed by atoms with E-state index in [2.05, 4.69) is 51.7 Å². The minimum atomic E-state index is -0.725. The van der Waals surface area contributed by atoms with Crippen molar-refractivity contribution in [3.63, 3.8) is 0 Å². The van der Waals surface area contributed by atoms with Crippen LogP contribution in [0.25, 0.3) is 0 Å². The van der Waals surface area contributed by atoms with E-state index in [1.165, 1.54) is 33.4 Å². The molecule has 2 heterocycles. The number of hydrogen-bond acceptors (Lipinski definition) is 4. The topological polar surface area (TPSA) is 45.5 Å². The Labute approximate surface area is 201 Å². The fourth-order valence-corrected chi connectivity index (χ4v) is 4.62. The molecule has 4 rings (SSSR count). The summed E-state index contributed by atoms with van der Waals surface area (Å²) in [5.41, 5.74) is 7.50. The lowest BCUT2D eigenvalue weighted by molar-refractivity contribution is -0.184. The number of halogens is 1. The summed E-state index contributed by atoms with van der Waals surface area (Å²) in [6.07, 6.45) is 6.92. The van der Waals surface area contributed by atoms with Gasteiger partial charge in [0.05, 0.1) is 19.5 Å². The van der Waals surface area contributed by atoms with E-state index in [0.29, 0.717) is 19.8 Å². The molecule has 5 nitrogen and oxygen atoms in total. The zero-order chi connectivity index (χ0) is 23.6. The standard InChI is InChI=1S/C27H33ClN2O3/c1-18-19(2)21(4)26(22(5)20(18)3)31-14-25-15-32-27(33-25,16-30-13-12-29-17-30)11-10-23-6-8-24(28)9-7-23/h6-9,12-13,17,25H,10-11,14-16H2,1-5H3. The van der Waals surface area contributed by atoms with Gasteiger partial charge in [0.15, 0.2) is 5.79 Å². The number of rotatable bonds is 8. The Kier molecular flexibility index (Phi) is 7.13. The van der Waals surface area contributed by atoms with Crippen molar-refractivity contribution in [1.29, 1.82) is 0 Å². The Morgan fingerprint density at radius 1 is 1.03 bits per heavy atom. The van der Waals surface area contributed by atoms with E-state index in [-0.39, 0.29) is 6.10 Å². The zero-order valence-electron chi connectivity index (χ0n) is 20.2. The normalized spacial score (nSPS) is 20.4. The molecule has 0 radical (unpaired) electrons. The monoisotopic (exact) mass is 468 g/mol. The highest BCUT2D eigenvalue weighted by atomic mass is 35.5. The number of nitrogens with zero attached hydrogens (tertiary/aromatic N) is 2. The number of imidazole rings is 1. The molecule has 0 aliphatic carbocycles. The van der Waals surface area contributed by atoms with Crippen LogP contribution in [-0.4, -0.2) is 34.7 Å². The number of benzene rings is 2. The maximum atomic E-state index is 6.53. The van der Waals surface area contributed by atoms with Crippen molar-refractivity contribution in [3.05, 3.63) is 81.4 Å². The molecule has 3 aromatic rings. The van der Waals surface area contributed by atoms with Gasteiger partial charge >= 0.3 is 0 Å². The molecule has 0 bridgehead atoms. The first-order valence-corrected chi connectivity index (χ1v) is 11.9. The fraction of sp³-hybridized carbons (Fsp3) is 0.444. The van der Waals surface area contributed by atoms with E-state index in [4.69, 9.17) is 25.8 Å². The van der Waals surface area contributed by atoms with Crippen molar-refractivity contribution in [2.45, 2.75) is 65.9 Å². The maximum absolute atomic E-state index is 6.53. The Morgan fingerprint density at radius 2 is 1.70 bits per heavy atom. The lowest BCUT2D eigenvalue weighted by Crippen LogP contribution is -2.37. The van der Waals surface area contributed by atoms with Crippen LogP contribution < -0.4 is 4.74 Å². The predicted octanol–water partition coefficient (Wildman–Crippen LogP) is 5.90. The van der Waals surface area contributed by atoms with Gasteiger partial charge in [0, 0.05) is 23.8 Å². The van der Waals surface area contributed by atoms with Gasteiger partial charge in [-0.15, -0.1) is 0 Å². The molecule has 6 heteroatoms. The third-order valence-electron chi connectivity index (χ3n) is 6.95. The van der Waals surface area contributed by atoms with Gasteiger partial charge in [-0.2, -0.15) is 0 Å². The third kappa shape index (κ3) is 5.26. The summed E-state index contributed by atoms with van der Waals surface area (Å²) in [5.74, 6) is 0.241. The van der Waals surface area contributed by atoms with E-state index in [1.54, 1.807) is 12.5 Å². The molecule has 33 heavy (non-hydrogen) atoms. The van der Waals surface area contributed by atoms with Crippen LogP contribution in [0.5, 0.6) is 5.75 Å². The molecule has 0 spiro atoms. The van der Waals surface area contributed by atoms with Gasteiger partial charge in [-0.25, -0.2) is 4.98 Å². The van der Waals surface area contributed by atoms with Crippen LogP contribution in [0, 0.1) is 34.6 Å². The Hall–Kier alpha value is -2.34. The molecule has 0 N–H and O–H groups in total. The summed E-state index contributed by atoms with van der Waals surface area (Å²) >= 11 is 6.04. The van der Waals surface area contributed by atoms with E-state index >= 15 is 0 Å². The van der Waals surface area contributed by atoms with Crippen molar-refractivity contribution >= 4 is 11.6 Å². The molecule has 2 aromatic carbocycles. The predicted molar refractivity (Wildman–Crippen MR) is 131 cm³/mol. The molecule has 2 unspecified atom stereocenters. The molecular weight excluding hydrogens is 436 g/mol. The van der Waals surface area contributed by atoms with E-state index < -0.39 is 5.79 Å². The highest BCUT2D eigenvalue weighted by Crippen LogP contribution is 2.34. The quantitative estimate of drug-likeness (QED) is 0.412. The summed E-state index contributed by atoms with van der Waals surface area (Å²) in [7, 11) is 0. The number of aryl methyl sites for hydroxylation is 1. The van der Waals surface area contributed by atoms with Crippen LogP contribution in [0.15, 0.2) is 43.0 Å². The molecular formula is C27H33ClN2O3. The van der Waals surface area contributed by atoms with Crippen LogP contribution in [0.4, 0.5) is 0 Å². The highest BCUT2D eigenvalue weighted by Gasteiger charge is 2.42. The first-order chi connectivity index (χ1) is 15.8. The number of ether oxygens (including phenoxy) is 3. The van der Waals surface area contributed by atoms with Gasteiger partial charge in [-0.1, -0.05) is 23.7 Å². The van der Waals surface area contributed by atoms with Crippen molar-refractivity contribution in [2.75, 3.05) is 13.2 Å². The van der Waals surface area contributed by atoms with Crippen LogP contribution in [-0.2, 0) is 22.4 Å². The Bertz CT molecular complexity index is 1070. The van der Waals surface area contributed by atoms with Gasteiger partial charge in [-0.3, -0.25) is 0 Å². The molecule has 1 aliphatic rings. The molecule has 1 fully saturated rings. The van der Waals surface area contributed by atoms with Crippen LogP contribution in [0.1, 0.15) is 39.8 Å². The molecule has 2 atom stereocenters. The molecule has 176 valence electrons. The number of hydrogen-bond donors (Lipinski definition) is 0. The summed E-state index contributed by atoms with van der Waals surface area (Å²) in [4.78, 5) is 4.17. The second-order valence-electron chi connectivity index (χ2n) is 9.09. The van der Waals surface area contributed by atoms with Crippen LogP contribution in [0.3, 0.4) is 0 Å². The van der Waals surface area contributed by atoms with E-state index in [9.17, 15) is 0 Å². The SMILES string of the molecule is Cc1c(C)c(C)c(OCC2COC(CCc3ccc(Cl)cc3)(Cn3ccnc3)O2)c(C)c1C. The van der Waals surface area contributed by atoms with Crippen LogP contribution >= 0.6 is 11.6 Å². The van der Waals surface area contributed by atoms with Gasteiger partial charge in [0.2, 0.25) is 0 Å². The largest absolute Gasteiger partial charge is 0.490 e. The summed E-state index contributed by atoms with van der Waals surface area (Å²) in [6, 6.07) is 7.94. The molecule has 1 aromatic heterocycles. The summed E-state index contributed by atoms with van der Waals surface area (Å²) in [5, 5.41) is 0.740. The molecule has 1 saturated heterocycles. The highest BCUT2D eigenvalue weighted by molar-refractivity contribution is 6.30.